The highest BCUT2D eigenvalue weighted by atomic mass is 32.2. The monoisotopic (exact) mass is 237 g/mol. The second-order valence-electron chi connectivity index (χ2n) is 4.09. The van der Waals surface area contributed by atoms with Crippen molar-refractivity contribution < 1.29 is 8.42 Å². The molecule has 16 heavy (non-hydrogen) atoms. The Morgan fingerprint density at radius 2 is 1.75 bits per heavy atom. The Bertz CT molecular complexity index is 459. The quantitative estimate of drug-likeness (QED) is 0.759. The first-order chi connectivity index (χ1) is 7.68. The van der Waals surface area contributed by atoms with Crippen LogP contribution >= 0.6 is 0 Å². The van der Waals surface area contributed by atoms with Crippen LogP contribution in [0.1, 0.15) is 25.7 Å². The van der Waals surface area contributed by atoms with Gasteiger partial charge in [-0.1, -0.05) is 31.0 Å². The van der Waals surface area contributed by atoms with Gasteiger partial charge in [0, 0.05) is 6.21 Å². The number of benzene rings is 1. The summed E-state index contributed by atoms with van der Waals surface area (Å²) in [5.41, 5.74) is 0. The first-order valence-electron chi connectivity index (χ1n) is 5.54. The van der Waals surface area contributed by atoms with Crippen LogP contribution in [0, 0.1) is 5.92 Å². The molecule has 0 saturated heterocycles. The zero-order valence-corrected chi connectivity index (χ0v) is 9.86. The summed E-state index contributed by atoms with van der Waals surface area (Å²) in [6, 6.07) is 8.35. The number of sulfonamides is 1. The van der Waals surface area contributed by atoms with E-state index in [1.54, 1.807) is 36.5 Å². The van der Waals surface area contributed by atoms with Gasteiger partial charge in [-0.15, -0.1) is 0 Å². The molecule has 0 bridgehead atoms. The molecule has 0 aliphatic heterocycles. The van der Waals surface area contributed by atoms with Crippen molar-refractivity contribution in [2.45, 2.75) is 30.6 Å². The molecule has 0 atom stereocenters. The minimum absolute atomic E-state index is 0.268. The Kier molecular flexibility index (Phi) is 3.39. The second-order valence-corrected chi connectivity index (χ2v) is 5.72. The topological polar surface area (TPSA) is 46.5 Å². The average Bonchev–Trinajstić information content (AvgIpc) is 2.81. The minimum Gasteiger partial charge on any atom is -0.199 e. The van der Waals surface area contributed by atoms with Crippen molar-refractivity contribution in [3.63, 3.8) is 0 Å². The molecule has 0 radical (unpaired) electrons. The summed E-state index contributed by atoms with van der Waals surface area (Å²) in [6.45, 7) is 0. The van der Waals surface area contributed by atoms with Gasteiger partial charge in [-0.05, 0) is 30.9 Å². The molecule has 0 aromatic heterocycles. The Labute approximate surface area is 96.3 Å². The van der Waals surface area contributed by atoms with E-state index in [4.69, 9.17) is 0 Å². The zero-order valence-electron chi connectivity index (χ0n) is 9.04. The molecule has 1 fully saturated rings. The van der Waals surface area contributed by atoms with Gasteiger partial charge < -0.3 is 0 Å². The summed E-state index contributed by atoms with van der Waals surface area (Å²) in [6.07, 6.45) is 6.10. The van der Waals surface area contributed by atoms with Gasteiger partial charge in [-0.2, -0.15) is 12.8 Å². The molecule has 0 spiro atoms. The third-order valence-electron chi connectivity index (χ3n) is 2.85. The van der Waals surface area contributed by atoms with Crippen molar-refractivity contribution in [1.29, 1.82) is 0 Å². The SMILES string of the molecule is O=S(=O)(/N=C\C1CCCC1)c1ccccc1. The molecular weight excluding hydrogens is 222 g/mol. The largest absolute Gasteiger partial charge is 0.281 e. The standard InChI is InChI=1S/C12H15NO2S/c14-16(15,12-8-2-1-3-9-12)13-10-11-6-4-5-7-11/h1-3,8-11H,4-7H2/b13-10-. The molecule has 0 amide bonds. The van der Waals surface area contributed by atoms with Crippen LogP contribution in [0.4, 0.5) is 0 Å². The number of hydrogen-bond acceptors (Lipinski definition) is 2. The Morgan fingerprint density at radius 1 is 1.12 bits per heavy atom. The van der Waals surface area contributed by atoms with Gasteiger partial charge in [-0.25, -0.2) is 0 Å². The zero-order chi connectivity index (χ0) is 11.4. The smallest absolute Gasteiger partial charge is 0.199 e. The van der Waals surface area contributed by atoms with Crippen LogP contribution in [0.2, 0.25) is 0 Å². The van der Waals surface area contributed by atoms with E-state index in [-0.39, 0.29) is 4.90 Å². The molecule has 1 aromatic carbocycles. The first-order valence-corrected chi connectivity index (χ1v) is 6.98. The second kappa shape index (κ2) is 4.78. The predicted molar refractivity (Wildman–Crippen MR) is 64.1 cm³/mol. The van der Waals surface area contributed by atoms with E-state index in [1.807, 2.05) is 0 Å². The van der Waals surface area contributed by atoms with Crippen molar-refractivity contribution in [2.24, 2.45) is 10.3 Å². The molecule has 1 aliphatic carbocycles. The average molecular weight is 237 g/mol. The van der Waals surface area contributed by atoms with Crippen LogP contribution in [0.3, 0.4) is 0 Å². The Morgan fingerprint density at radius 3 is 2.38 bits per heavy atom. The van der Waals surface area contributed by atoms with E-state index in [9.17, 15) is 8.42 Å². The van der Waals surface area contributed by atoms with E-state index in [1.165, 1.54) is 12.8 Å². The van der Waals surface area contributed by atoms with Gasteiger partial charge in [0.25, 0.3) is 10.0 Å². The van der Waals surface area contributed by atoms with Crippen LogP contribution in [0.25, 0.3) is 0 Å². The van der Waals surface area contributed by atoms with Crippen molar-refractivity contribution in [1.82, 2.24) is 0 Å². The molecule has 1 aliphatic rings. The van der Waals surface area contributed by atoms with E-state index >= 15 is 0 Å². The molecule has 86 valence electrons. The maximum atomic E-state index is 11.8. The lowest BCUT2D eigenvalue weighted by Crippen LogP contribution is -2.01. The van der Waals surface area contributed by atoms with E-state index in [0.29, 0.717) is 5.92 Å². The number of rotatable bonds is 3. The van der Waals surface area contributed by atoms with Gasteiger partial charge >= 0.3 is 0 Å². The van der Waals surface area contributed by atoms with Crippen molar-refractivity contribution in [2.75, 3.05) is 0 Å². The lowest BCUT2D eigenvalue weighted by atomic mass is 10.1. The van der Waals surface area contributed by atoms with Gasteiger partial charge in [0.15, 0.2) is 0 Å². The molecule has 3 nitrogen and oxygen atoms in total. The fourth-order valence-corrected chi connectivity index (χ4v) is 2.88. The van der Waals surface area contributed by atoms with E-state index in [0.717, 1.165) is 12.8 Å². The molecule has 2 rings (SSSR count). The Hall–Kier alpha value is -1.16. The highest BCUT2D eigenvalue weighted by Crippen LogP contribution is 2.23. The normalized spacial score (nSPS) is 18.2. The molecular formula is C12H15NO2S. The van der Waals surface area contributed by atoms with Crippen LogP contribution in [0.15, 0.2) is 39.6 Å². The van der Waals surface area contributed by atoms with Crippen LogP contribution in [0.5, 0.6) is 0 Å². The predicted octanol–water partition coefficient (Wildman–Crippen LogP) is 2.64. The summed E-state index contributed by atoms with van der Waals surface area (Å²) in [5.74, 6) is 0.346. The van der Waals surface area contributed by atoms with Crippen molar-refractivity contribution >= 4 is 16.2 Å². The molecule has 0 heterocycles. The van der Waals surface area contributed by atoms with Crippen LogP contribution in [-0.2, 0) is 10.0 Å². The van der Waals surface area contributed by atoms with E-state index < -0.39 is 10.0 Å². The summed E-state index contributed by atoms with van der Waals surface area (Å²) in [7, 11) is -3.48. The molecule has 4 heteroatoms. The third kappa shape index (κ3) is 2.70. The van der Waals surface area contributed by atoms with Gasteiger partial charge in [0.1, 0.15) is 0 Å². The highest BCUT2D eigenvalue weighted by molar-refractivity contribution is 7.90. The van der Waals surface area contributed by atoms with Crippen molar-refractivity contribution in [3.8, 4) is 0 Å². The number of hydrogen-bond donors (Lipinski definition) is 0. The maximum absolute atomic E-state index is 11.8. The lowest BCUT2D eigenvalue weighted by molar-refractivity contribution is 0.597. The summed E-state index contributed by atoms with van der Waals surface area (Å²) in [4.78, 5) is 0.268. The number of nitrogens with zero attached hydrogens (tertiary/aromatic N) is 1. The van der Waals surface area contributed by atoms with Crippen molar-refractivity contribution in [3.05, 3.63) is 30.3 Å². The van der Waals surface area contributed by atoms with Crippen LogP contribution < -0.4 is 0 Å². The fraction of sp³-hybridized carbons (Fsp3) is 0.417. The molecule has 0 unspecified atom stereocenters. The maximum Gasteiger partial charge on any atom is 0.281 e. The first kappa shape index (κ1) is 11.3. The van der Waals surface area contributed by atoms with Crippen LogP contribution in [-0.4, -0.2) is 14.6 Å². The summed E-state index contributed by atoms with van der Waals surface area (Å²) >= 11 is 0. The third-order valence-corrected chi connectivity index (χ3v) is 4.12. The van der Waals surface area contributed by atoms with Gasteiger partial charge in [0.05, 0.1) is 4.90 Å². The molecule has 0 N–H and O–H groups in total. The minimum atomic E-state index is -3.48. The summed E-state index contributed by atoms with van der Waals surface area (Å²) in [5, 5.41) is 0. The van der Waals surface area contributed by atoms with Gasteiger partial charge in [0.2, 0.25) is 0 Å². The summed E-state index contributed by atoms with van der Waals surface area (Å²) < 4.78 is 27.3. The molecule has 1 saturated carbocycles. The Balaban J connectivity index is 2.14. The van der Waals surface area contributed by atoms with Gasteiger partial charge in [-0.3, -0.25) is 0 Å². The molecule has 1 aromatic rings. The fourth-order valence-electron chi connectivity index (χ4n) is 1.93. The van der Waals surface area contributed by atoms with E-state index in [2.05, 4.69) is 4.40 Å². The highest BCUT2D eigenvalue weighted by Gasteiger charge is 2.15. The lowest BCUT2D eigenvalue weighted by Gasteiger charge is -2.00.